The number of hydrogen-bond acceptors (Lipinski definition) is 3. The fourth-order valence-corrected chi connectivity index (χ4v) is 5.67. The van der Waals surface area contributed by atoms with Crippen molar-refractivity contribution in [1.82, 2.24) is 0 Å². The number of aliphatic hydroxyl groups is 1. The van der Waals surface area contributed by atoms with Gasteiger partial charge in [0.25, 0.3) is 5.60 Å². The van der Waals surface area contributed by atoms with E-state index in [1.165, 1.54) is 0 Å². The van der Waals surface area contributed by atoms with Gasteiger partial charge in [-0.2, -0.15) is 26.3 Å². The molecule has 6 unspecified atom stereocenters. The maximum atomic E-state index is 13.5. The molecule has 3 fully saturated rings. The Balaban J connectivity index is 2.05. The van der Waals surface area contributed by atoms with Gasteiger partial charge in [-0.05, 0) is 55.8 Å². The van der Waals surface area contributed by atoms with Crippen molar-refractivity contribution in [2.45, 2.75) is 62.6 Å². The highest BCUT2D eigenvalue weighted by Gasteiger charge is 2.77. The highest BCUT2D eigenvalue weighted by atomic mass is 19.4. The first-order valence-electron chi connectivity index (χ1n) is 9.07. The second kappa shape index (κ2) is 6.67. The summed E-state index contributed by atoms with van der Waals surface area (Å²) in [6.07, 6.45) is -10.7. The summed E-state index contributed by atoms with van der Waals surface area (Å²) in [5.41, 5.74) is -5.12. The topological polar surface area (TPSA) is 46.5 Å². The predicted molar refractivity (Wildman–Crippen MR) is 82.3 cm³/mol. The Morgan fingerprint density at radius 2 is 1.59 bits per heavy atom. The van der Waals surface area contributed by atoms with Crippen molar-refractivity contribution < 1.29 is 41.0 Å². The van der Waals surface area contributed by atoms with E-state index < -0.39 is 41.9 Å². The lowest BCUT2D eigenvalue weighted by Gasteiger charge is -2.55. The molecule has 0 aromatic rings. The molecule has 0 aromatic carbocycles. The van der Waals surface area contributed by atoms with E-state index in [4.69, 9.17) is 0 Å². The molecule has 154 valence electrons. The van der Waals surface area contributed by atoms with Crippen LogP contribution in [-0.2, 0) is 9.53 Å². The molecular formula is C18H22F6O3. The normalized spacial score (nSPS) is 34.9. The van der Waals surface area contributed by atoms with Crippen LogP contribution >= 0.6 is 0 Å². The molecule has 3 nitrogen and oxygen atoms in total. The number of carbonyl (C=O) groups excluding carboxylic acids is 1. The Kier molecular flexibility index (Phi) is 5.06. The minimum atomic E-state index is -6.04. The van der Waals surface area contributed by atoms with Crippen LogP contribution in [0.3, 0.4) is 0 Å². The van der Waals surface area contributed by atoms with Gasteiger partial charge in [0.05, 0.1) is 0 Å². The summed E-state index contributed by atoms with van der Waals surface area (Å²) >= 11 is 0. The van der Waals surface area contributed by atoms with Crippen molar-refractivity contribution >= 4 is 5.97 Å². The number of rotatable bonds is 4. The van der Waals surface area contributed by atoms with E-state index in [1.54, 1.807) is 0 Å². The van der Waals surface area contributed by atoms with E-state index in [0.29, 0.717) is 18.4 Å². The van der Waals surface area contributed by atoms with Gasteiger partial charge in [0.1, 0.15) is 0 Å². The van der Waals surface area contributed by atoms with Crippen molar-refractivity contribution in [3.63, 3.8) is 0 Å². The molecule has 3 bridgehead atoms. The van der Waals surface area contributed by atoms with Gasteiger partial charge in [0.15, 0.2) is 6.10 Å². The average molecular weight is 400 g/mol. The largest absolute Gasteiger partial charge is 0.455 e. The molecule has 27 heavy (non-hydrogen) atoms. The number of ether oxygens (including phenoxy) is 1. The lowest BCUT2D eigenvalue weighted by molar-refractivity contribution is -0.398. The summed E-state index contributed by atoms with van der Waals surface area (Å²) in [6.45, 7) is 3.05. The van der Waals surface area contributed by atoms with Crippen LogP contribution < -0.4 is 0 Å². The van der Waals surface area contributed by atoms with Crippen LogP contribution in [0.25, 0.3) is 0 Å². The molecular weight excluding hydrogens is 378 g/mol. The number of hydrogen-bond donors (Lipinski definition) is 1. The third-order valence-electron chi connectivity index (χ3n) is 6.68. The molecule has 0 aliphatic heterocycles. The Morgan fingerprint density at radius 1 is 1.00 bits per heavy atom. The van der Waals surface area contributed by atoms with Gasteiger partial charge in [-0.3, -0.25) is 0 Å². The van der Waals surface area contributed by atoms with Gasteiger partial charge >= 0.3 is 18.3 Å². The van der Waals surface area contributed by atoms with Crippen molar-refractivity contribution in [2.24, 2.45) is 29.6 Å². The molecule has 6 atom stereocenters. The second-order valence-electron chi connectivity index (χ2n) is 8.16. The average Bonchev–Trinajstić information content (AvgIpc) is 2.54. The molecule has 0 heterocycles. The van der Waals surface area contributed by atoms with Gasteiger partial charge in [0, 0.05) is 12.0 Å². The molecule has 0 radical (unpaired) electrons. The molecule has 0 amide bonds. The number of carbonyl (C=O) groups is 1. The predicted octanol–water partition coefficient (Wildman–Crippen LogP) is 4.40. The van der Waals surface area contributed by atoms with E-state index in [0.717, 1.165) is 25.7 Å². The van der Waals surface area contributed by atoms with Crippen LogP contribution in [0.2, 0.25) is 0 Å². The van der Waals surface area contributed by atoms with Crippen LogP contribution in [-0.4, -0.2) is 35.1 Å². The van der Waals surface area contributed by atoms with Crippen LogP contribution in [0.5, 0.6) is 0 Å². The van der Waals surface area contributed by atoms with Crippen LogP contribution in [0.4, 0.5) is 26.3 Å². The maximum Gasteiger partial charge on any atom is 0.430 e. The highest BCUT2D eigenvalue weighted by Crippen LogP contribution is 2.59. The van der Waals surface area contributed by atoms with Gasteiger partial charge in [0.2, 0.25) is 0 Å². The molecule has 9 heteroatoms. The number of halogens is 6. The van der Waals surface area contributed by atoms with E-state index in [1.807, 2.05) is 0 Å². The SMILES string of the molecule is C=CC(=O)OC(C1CC2CC3CCC1C(C3)C2)C(O)(C(F)(F)F)C(F)(F)F. The summed E-state index contributed by atoms with van der Waals surface area (Å²) < 4.78 is 85.6. The molecule has 3 aliphatic carbocycles. The van der Waals surface area contributed by atoms with E-state index in [-0.39, 0.29) is 18.3 Å². The van der Waals surface area contributed by atoms with Crippen molar-refractivity contribution in [3.8, 4) is 0 Å². The van der Waals surface area contributed by atoms with Gasteiger partial charge in [-0.15, -0.1) is 0 Å². The lowest BCUT2D eigenvalue weighted by atomic mass is 9.52. The zero-order chi connectivity index (χ0) is 20.2. The number of alkyl halides is 6. The van der Waals surface area contributed by atoms with Crippen molar-refractivity contribution in [3.05, 3.63) is 12.7 Å². The first kappa shape index (κ1) is 20.5. The van der Waals surface area contributed by atoms with Gasteiger partial charge in [-0.1, -0.05) is 13.0 Å². The Morgan fingerprint density at radius 3 is 2.15 bits per heavy atom. The minimum Gasteiger partial charge on any atom is -0.455 e. The summed E-state index contributed by atoms with van der Waals surface area (Å²) in [4.78, 5) is 11.6. The first-order chi connectivity index (χ1) is 12.4. The summed E-state index contributed by atoms with van der Waals surface area (Å²) in [6, 6.07) is 0. The molecule has 3 saturated carbocycles. The third kappa shape index (κ3) is 3.36. The second-order valence-corrected chi connectivity index (χ2v) is 8.16. The Labute approximate surface area is 152 Å². The van der Waals surface area contributed by atoms with Crippen LogP contribution in [0, 0.1) is 29.6 Å². The van der Waals surface area contributed by atoms with E-state index in [9.17, 15) is 36.2 Å². The Bertz CT molecular complexity index is 579. The summed E-state index contributed by atoms with van der Waals surface area (Å²) in [5, 5.41) is 9.97. The molecule has 0 aromatic heterocycles. The van der Waals surface area contributed by atoms with Crippen molar-refractivity contribution in [1.29, 1.82) is 0 Å². The quantitative estimate of drug-likeness (QED) is 0.432. The van der Waals surface area contributed by atoms with Gasteiger partial charge < -0.3 is 9.84 Å². The first-order valence-corrected chi connectivity index (χ1v) is 9.07. The smallest absolute Gasteiger partial charge is 0.430 e. The lowest BCUT2D eigenvalue weighted by Crippen LogP contribution is -2.68. The van der Waals surface area contributed by atoms with E-state index in [2.05, 4.69) is 11.3 Å². The third-order valence-corrected chi connectivity index (χ3v) is 6.68. The molecule has 0 spiro atoms. The fraction of sp³-hybridized carbons (Fsp3) is 0.833. The highest BCUT2D eigenvalue weighted by molar-refractivity contribution is 5.81. The summed E-state index contributed by atoms with van der Waals surface area (Å²) in [5.74, 6) is -2.58. The zero-order valence-electron chi connectivity index (χ0n) is 14.5. The molecule has 3 aliphatic rings. The van der Waals surface area contributed by atoms with E-state index >= 15 is 0 Å². The Hall–Kier alpha value is -1.25. The molecule has 3 rings (SSSR count). The standard InChI is InChI=1S/C18H22F6O3/c1-2-14(25)27-15(16(26,17(19,20)21)18(22,23)24)13-8-10-5-9-3-4-12(13)11(6-9)7-10/h2,9-13,15,26H,1,3-8H2. The molecule has 0 saturated heterocycles. The molecule has 1 N–H and O–H groups in total. The van der Waals surface area contributed by atoms with Crippen LogP contribution in [0.15, 0.2) is 12.7 Å². The minimum absolute atomic E-state index is 0.00838. The van der Waals surface area contributed by atoms with Crippen LogP contribution in [0.1, 0.15) is 38.5 Å². The van der Waals surface area contributed by atoms with Gasteiger partial charge in [-0.25, -0.2) is 4.79 Å². The fourth-order valence-electron chi connectivity index (χ4n) is 5.67. The summed E-state index contributed by atoms with van der Waals surface area (Å²) in [7, 11) is 0. The number of fused-ring (bicyclic) bond motifs is 2. The monoisotopic (exact) mass is 400 g/mol. The zero-order valence-corrected chi connectivity index (χ0v) is 14.5. The maximum absolute atomic E-state index is 13.5. The van der Waals surface area contributed by atoms with Crippen molar-refractivity contribution in [2.75, 3.05) is 0 Å². The number of esters is 1.